The number of hydrogen-bond acceptors (Lipinski definition) is 3. The summed E-state index contributed by atoms with van der Waals surface area (Å²) in [6.45, 7) is 3.48. The van der Waals surface area contributed by atoms with Crippen LogP contribution in [-0.4, -0.2) is 19.0 Å². The Balaban J connectivity index is 2.02. The summed E-state index contributed by atoms with van der Waals surface area (Å²) in [5.41, 5.74) is 0. The van der Waals surface area contributed by atoms with Crippen LogP contribution in [0, 0.1) is 0 Å². The third-order valence-electron chi connectivity index (χ3n) is 3.19. The molecule has 0 saturated heterocycles. The van der Waals surface area contributed by atoms with Crippen molar-refractivity contribution in [1.82, 2.24) is 0 Å². The van der Waals surface area contributed by atoms with E-state index in [9.17, 15) is 0 Å². The first kappa shape index (κ1) is 17.2. The predicted octanol–water partition coefficient (Wildman–Crippen LogP) is 5.12. The molecule has 0 saturated carbocycles. The fourth-order valence-corrected chi connectivity index (χ4v) is 2.33. The summed E-state index contributed by atoms with van der Waals surface area (Å²) in [6.07, 6.45) is 8.96. The van der Waals surface area contributed by atoms with E-state index < -0.39 is 0 Å². The van der Waals surface area contributed by atoms with E-state index in [1.165, 1.54) is 38.5 Å². The normalized spacial score (nSPS) is 10.5. The lowest BCUT2D eigenvalue weighted by Crippen LogP contribution is -1.98. The third kappa shape index (κ3) is 8.36. The molecule has 0 N–H and O–H groups in total. The molecule has 0 aliphatic heterocycles. The quantitative estimate of drug-likeness (QED) is 0.426. The topological polar surface area (TPSA) is 18.5 Å². The fraction of sp³-hybridized carbons (Fsp3) is 0.647. The summed E-state index contributed by atoms with van der Waals surface area (Å²) in [4.78, 5) is 0. The van der Waals surface area contributed by atoms with Gasteiger partial charge in [-0.1, -0.05) is 38.2 Å². The van der Waals surface area contributed by atoms with E-state index >= 15 is 0 Å². The van der Waals surface area contributed by atoms with Crippen LogP contribution in [0.15, 0.2) is 24.3 Å². The van der Waals surface area contributed by atoms with Crippen molar-refractivity contribution in [1.29, 1.82) is 0 Å². The molecular formula is C17H28O2S. The summed E-state index contributed by atoms with van der Waals surface area (Å²) in [5, 5.41) is 0. The highest BCUT2D eigenvalue weighted by atomic mass is 32.1. The number of unbranched alkanes of at least 4 members (excludes halogenated alkanes) is 6. The summed E-state index contributed by atoms with van der Waals surface area (Å²) in [7, 11) is 0. The lowest BCUT2D eigenvalue weighted by Gasteiger charge is -2.08. The van der Waals surface area contributed by atoms with Crippen molar-refractivity contribution in [2.75, 3.05) is 19.0 Å². The van der Waals surface area contributed by atoms with Gasteiger partial charge >= 0.3 is 0 Å². The van der Waals surface area contributed by atoms with Gasteiger partial charge < -0.3 is 9.47 Å². The van der Waals surface area contributed by atoms with Crippen molar-refractivity contribution < 1.29 is 9.47 Å². The van der Waals surface area contributed by atoms with E-state index in [1.807, 2.05) is 31.2 Å². The van der Waals surface area contributed by atoms with Gasteiger partial charge in [0.05, 0.1) is 13.2 Å². The van der Waals surface area contributed by atoms with Crippen molar-refractivity contribution in [2.45, 2.75) is 51.9 Å². The Morgan fingerprint density at radius 2 is 1.45 bits per heavy atom. The van der Waals surface area contributed by atoms with Crippen LogP contribution < -0.4 is 9.47 Å². The molecule has 20 heavy (non-hydrogen) atoms. The van der Waals surface area contributed by atoms with E-state index in [0.29, 0.717) is 6.61 Å². The van der Waals surface area contributed by atoms with E-state index in [4.69, 9.17) is 9.47 Å². The maximum Gasteiger partial charge on any atom is 0.122 e. The molecule has 0 unspecified atom stereocenters. The highest BCUT2D eigenvalue weighted by Gasteiger charge is 1.97. The Kier molecular flexibility index (Phi) is 10.3. The average Bonchev–Trinajstić information content (AvgIpc) is 2.46. The van der Waals surface area contributed by atoms with Crippen LogP contribution in [0.4, 0.5) is 0 Å². The third-order valence-corrected chi connectivity index (χ3v) is 3.50. The minimum Gasteiger partial charge on any atom is -0.494 e. The maximum atomic E-state index is 5.75. The summed E-state index contributed by atoms with van der Waals surface area (Å²) < 4.78 is 11.2. The Morgan fingerprint density at radius 1 is 0.850 bits per heavy atom. The molecule has 0 bridgehead atoms. The zero-order valence-corrected chi connectivity index (χ0v) is 13.5. The lowest BCUT2D eigenvalue weighted by atomic mass is 10.1. The Hall–Kier alpha value is -0.830. The summed E-state index contributed by atoms with van der Waals surface area (Å²) >= 11 is 4.22. The summed E-state index contributed by atoms with van der Waals surface area (Å²) in [5.74, 6) is 2.81. The SMILES string of the molecule is CCOc1cccc(OCCCCCCCCCS)c1. The summed E-state index contributed by atoms with van der Waals surface area (Å²) in [6, 6.07) is 7.88. The average molecular weight is 296 g/mol. The molecule has 1 rings (SSSR count). The monoisotopic (exact) mass is 296 g/mol. The standard InChI is InChI=1S/C17H28O2S/c1-2-18-16-11-10-12-17(15-16)19-13-8-6-4-3-5-7-9-14-20/h10-12,15,20H,2-9,13-14H2,1H3. The first-order valence-electron chi connectivity index (χ1n) is 7.83. The van der Waals surface area contributed by atoms with Gasteiger partial charge in [-0.25, -0.2) is 0 Å². The van der Waals surface area contributed by atoms with Gasteiger partial charge in [-0.05, 0) is 37.7 Å². The van der Waals surface area contributed by atoms with Gasteiger partial charge in [0.2, 0.25) is 0 Å². The van der Waals surface area contributed by atoms with Gasteiger partial charge in [0.15, 0.2) is 0 Å². The van der Waals surface area contributed by atoms with Crippen LogP contribution in [0.5, 0.6) is 11.5 Å². The number of hydrogen-bond donors (Lipinski definition) is 1. The van der Waals surface area contributed by atoms with Crippen LogP contribution >= 0.6 is 12.6 Å². The van der Waals surface area contributed by atoms with Crippen molar-refractivity contribution in [3.63, 3.8) is 0 Å². The predicted molar refractivity (Wildman–Crippen MR) is 89.3 cm³/mol. The molecule has 0 aromatic heterocycles. The molecule has 0 atom stereocenters. The van der Waals surface area contributed by atoms with Crippen LogP contribution in [-0.2, 0) is 0 Å². The van der Waals surface area contributed by atoms with E-state index in [1.54, 1.807) is 0 Å². The number of ether oxygens (including phenoxy) is 2. The lowest BCUT2D eigenvalue weighted by molar-refractivity contribution is 0.298. The molecule has 0 heterocycles. The first-order chi connectivity index (χ1) is 9.86. The second-order valence-electron chi connectivity index (χ2n) is 4.95. The van der Waals surface area contributed by atoms with Gasteiger partial charge in [0.1, 0.15) is 11.5 Å². The molecule has 1 aromatic rings. The largest absolute Gasteiger partial charge is 0.494 e. The molecule has 1 aromatic carbocycles. The zero-order valence-electron chi connectivity index (χ0n) is 12.6. The highest BCUT2D eigenvalue weighted by molar-refractivity contribution is 7.80. The smallest absolute Gasteiger partial charge is 0.122 e. The minimum atomic E-state index is 0.691. The minimum absolute atomic E-state index is 0.691. The van der Waals surface area contributed by atoms with E-state index in [-0.39, 0.29) is 0 Å². The maximum absolute atomic E-state index is 5.75. The Bertz CT molecular complexity index is 342. The van der Waals surface area contributed by atoms with Gasteiger partial charge in [-0.15, -0.1) is 0 Å². The molecule has 0 fully saturated rings. The molecule has 0 amide bonds. The fourth-order valence-electron chi connectivity index (χ4n) is 2.11. The molecule has 3 heteroatoms. The van der Waals surface area contributed by atoms with Gasteiger partial charge in [0, 0.05) is 6.07 Å². The molecule has 0 aliphatic rings. The van der Waals surface area contributed by atoms with E-state index in [2.05, 4.69) is 12.6 Å². The van der Waals surface area contributed by atoms with Crippen molar-refractivity contribution in [3.05, 3.63) is 24.3 Å². The van der Waals surface area contributed by atoms with Crippen molar-refractivity contribution in [3.8, 4) is 11.5 Å². The van der Waals surface area contributed by atoms with Gasteiger partial charge in [0.25, 0.3) is 0 Å². The van der Waals surface area contributed by atoms with Crippen LogP contribution in [0.2, 0.25) is 0 Å². The number of thiol groups is 1. The number of benzene rings is 1. The first-order valence-corrected chi connectivity index (χ1v) is 8.46. The van der Waals surface area contributed by atoms with Gasteiger partial charge in [-0.3, -0.25) is 0 Å². The molecule has 0 radical (unpaired) electrons. The zero-order chi connectivity index (χ0) is 14.5. The van der Waals surface area contributed by atoms with Crippen molar-refractivity contribution in [2.24, 2.45) is 0 Å². The van der Waals surface area contributed by atoms with Crippen molar-refractivity contribution >= 4 is 12.6 Å². The van der Waals surface area contributed by atoms with Gasteiger partial charge in [-0.2, -0.15) is 12.6 Å². The Labute approximate surface area is 129 Å². The molecule has 114 valence electrons. The van der Waals surface area contributed by atoms with E-state index in [0.717, 1.165) is 30.3 Å². The van der Waals surface area contributed by atoms with Crippen LogP contribution in [0.25, 0.3) is 0 Å². The van der Waals surface area contributed by atoms with Crippen LogP contribution in [0.1, 0.15) is 51.9 Å². The molecule has 2 nitrogen and oxygen atoms in total. The highest BCUT2D eigenvalue weighted by Crippen LogP contribution is 2.19. The molecule has 0 spiro atoms. The Morgan fingerprint density at radius 3 is 2.10 bits per heavy atom. The molecular weight excluding hydrogens is 268 g/mol. The second-order valence-corrected chi connectivity index (χ2v) is 5.40. The molecule has 0 aliphatic carbocycles. The number of rotatable bonds is 12. The second kappa shape index (κ2) is 12.0. The van der Waals surface area contributed by atoms with Crippen LogP contribution in [0.3, 0.4) is 0 Å².